The van der Waals surface area contributed by atoms with Gasteiger partial charge >= 0.3 is 0 Å². The minimum absolute atomic E-state index is 0.162. The van der Waals surface area contributed by atoms with Gasteiger partial charge in [0.25, 0.3) is 5.69 Å². The fraction of sp³-hybridized carbons (Fsp3) is 0.278. The zero-order valence-electron chi connectivity index (χ0n) is 13.5. The molecule has 0 heterocycles. The predicted molar refractivity (Wildman–Crippen MR) is 96.6 cm³/mol. The first-order chi connectivity index (χ1) is 12.0. The van der Waals surface area contributed by atoms with Crippen molar-refractivity contribution in [2.75, 3.05) is 11.9 Å². The molecule has 0 unspecified atom stereocenters. The Morgan fingerprint density at radius 1 is 1.24 bits per heavy atom. The number of carbonyl (C=O) groups excluding carboxylic acids is 1. The van der Waals surface area contributed by atoms with Crippen molar-refractivity contribution in [3.8, 4) is 0 Å². The SMILES string of the molecule is O=C(CN(Cc1ccccc1)C1CC1)Nc1ccc(Cl)cc1[N+](=O)[O-]. The molecule has 0 atom stereocenters. The molecule has 2 aromatic rings. The van der Waals surface area contributed by atoms with Gasteiger partial charge in [-0.25, -0.2) is 0 Å². The average molecular weight is 360 g/mol. The molecule has 7 heteroatoms. The van der Waals surface area contributed by atoms with E-state index in [1.807, 2.05) is 30.3 Å². The second-order valence-electron chi connectivity index (χ2n) is 6.09. The van der Waals surface area contributed by atoms with Gasteiger partial charge in [-0.3, -0.25) is 19.8 Å². The van der Waals surface area contributed by atoms with Crippen molar-refractivity contribution in [3.63, 3.8) is 0 Å². The lowest BCUT2D eigenvalue weighted by molar-refractivity contribution is -0.383. The lowest BCUT2D eigenvalue weighted by Gasteiger charge is -2.21. The summed E-state index contributed by atoms with van der Waals surface area (Å²) in [5, 5.41) is 14.0. The second-order valence-corrected chi connectivity index (χ2v) is 6.52. The Morgan fingerprint density at radius 3 is 2.60 bits per heavy atom. The van der Waals surface area contributed by atoms with E-state index in [1.165, 1.54) is 18.2 Å². The van der Waals surface area contributed by atoms with Crippen molar-refractivity contribution in [1.29, 1.82) is 0 Å². The third-order valence-corrected chi connectivity index (χ3v) is 4.30. The summed E-state index contributed by atoms with van der Waals surface area (Å²) < 4.78 is 0. The zero-order valence-corrected chi connectivity index (χ0v) is 14.3. The molecule has 0 bridgehead atoms. The number of rotatable bonds is 7. The van der Waals surface area contributed by atoms with E-state index in [-0.39, 0.29) is 28.8 Å². The molecular weight excluding hydrogens is 342 g/mol. The number of anilines is 1. The number of hydrogen-bond donors (Lipinski definition) is 1. The van der Waals surface area contributed by atoms with E-state index in [9.17, 15) is 14.9 Å². The molecule has 130 valence electrons. The maximum atomic E-state index is 12.4. The summed E-state index contributed by atoms with van der Waals surface area (Å²) in [4.78, 5) is 25.1. The Kier molecular flexibility index (Phi) is 5.31. The summed E-state index contributed by atoms with van der Waals surface area (Å²) >= 11 is 5.80. The Labute approximate surface area is 150 Å². The van der Waals surface area contributed by atoms with Crippen molar-refractivity contribution >= 4 is 28.9 Å². The van der Waals surface area contributed by atoms with Crippen LogP contribution in [0.1, 0.15) is 18.4 Å². The van der Waals surface area contributed by atoms with E-state index in [0.717, 1.165) is 18.4 Å². The predicted octanol–water partition coefficient (Wildman–Crippen LogP) is 3.85. The highest BCUT2D eigenvalue weighted by Gasteiger charge is 2.30. The molecule has 1 saturated carbocycles. The number of benzene rings is 2. The Balaban J connectivity index is 1.67. The lowest BCUT2D eigenvalue weighted by Crippen LogP contribution is -2.34. The van der Waals surface area contributed by atoms with Gasteiger partial charge in [-0.1, -0.05) is 41.9 Å². The normalized spacial score (nSPS) is 13.7. The van der Waals surface area contributed by atoms with E-state index >= 15 is 0 Å². The number of nitrogens with one attached hydrogen (secondary N) is 1. The number of amides is 1. The molecule has 0 spiro atoms. The Morgan fingerprint density at radius 2 is 1.96 bits per heavy atom. The largest absolute Gasteiger partial charge is 0.319 e. The van der Waals surface area contributed by atoms with Crippen LogP contribution in [0.25, 0.3) is 0 Å². The maximum Gasteiger partial charge on any atom is 0.294 e. The third kappa shape index (κ3) is 4.78. The minimum Gasteiger partial charge on any atom is -0.319 e. The maximum absolute atomic E-state index is 12.4. The summed E-state index contributed by atoms with van der Waals surface area (Å²) in [6.45, 7) is 0.876. The highest BCUT2D eigenvalue weighted by atomic mass is 35.5. The van der Waals surface area contributed by atoms with Gasteiger partial charge in [0.1, 0.15) is 5.69 Å². The van der Waals surface area contributed by atoms with Crippen LogP contribution in [0.3, 0.4) is 0 Å². The van der Waals surface area contributed by atoms with E-state index in [4.69, 9.17) is 11.6 Å². The van der Waals surface area contributed by atoms with Crippen LogP contribution in [0.15, 0.2) is 48.5 Å². The quantitative estimate of drug-likeness (QED) is 0.601. The van der Waals surface area contributed by atoms with E-state index in [0.29, 0.717) is 12.6 Å². The minimum atomic E-state index is -0.551. The molecule has 1 amide bonds. The fourth-order valence-electron chi connectivity index (χ4n) is 2.71. The average Bonchev–Trinajstić information content (AvgIpc) is 3.41. The van der Waals surface area contributed by atoms with E-state index < -0.39 is 4.92 Å². The number of carbonyl (C=O) groups is 1. The van der Waals surface area contributed by atoms with E-state index in [1.54, 1.807) is 0 Å². The van der Waals surface area contributed by atoms with Crippen molar-refractivity contribution in [2.45, 2.75) is 25.4 Å². The molecule has 0 aliphatic heterocycles. The van der Waals surface area contributed by atoms with Crippen LogP contribution < -0.4 is 5.32 Å². The molecule has 3 rings (SSSR count). The van der Waals surface area contributed by atoms with Gasteiger partial charge < -0.3 is 5.32 Å². The van der Waals surface area contributed by atoms with Crippen molar-refractivity contribution in [2.24, 2.45) is 0 Å². The Bertz CT molecular complexity index is 778. The smallest absolute Gasteiger partial charge is 0.294 e. The highest BCUT2D eigenvalue weighted by Crippen LogP contribution is 2.30. The molecular formula is C18H18ClN3O3. The summed E-state index contributed by atoms with van der Waals surface area (Å²) in [5.74, 6) is -0.270. The number of hydrogen-bond acceptors (Lipinski definition) is 4. The van der Waals surface area contributed by atoms with Gasteiger partial charge in [0.15, 0.2) is 0 Å². The second kappa shape index (κ2) is 7.63. The molecule has 1 fully saturated rings. The van der Waals surface area contributed by atoms with Crippen molar-refractivity contribution in [1.82, 2.24) is 4.90 Å². The Hall–Kier alpha value is -2.44. The van der Waals surface area contributed by atoms with Gasteiger partial charge in [0, 0.05) is 23.7 Å². The van der Waals surface area contributed by atoms with Crippen LogP contribution in [0, 0.1) is 10.1 Å². The van der Waals surface area contributed by atoms with Crippen LogP contribution in [-0.2, 0) is 11.3 Å². The topological polar surface area (TPSA) is 75.5 Å². The summed E-state index contributed by atoms with van der Waals surface area (Å²) in [6, 6.07) is 14.6. The van der Waals surface area contributed by atoms with Crippen molar-refractivity contribution in [3.05, 3.63) is 69.2 Å². The van der Waals surface area contributed by atoms with Gasteiger partial charge in [-0.2, -0.15) is 0 Å². The van der Waals surface area contributed by atoms with Crippen molar-refractivity contribution < 1.29 is 9.72 Å². The van der Waals surface area contributed by atoms with Gasteiger partial charge in [0.05, 0.1) is 11.5 Å². The molecule has 2 aromatic carbocycles. The molecule has 1 aliphatic carbocycles. The number of nitro groups is 1. The van der Waals surface area contributed by atoms with Crippen LogP contribution in [0.5, 0.6) is 0 Å². The monoisotopic (exact) mass is 359 g/mol. The first kappa shape index (κ1) is 17.4. The van der Waals surface area contributed by atoms with Crippen LogP contribution >= 0.6 is 11.6 Å². The molecule has 0 radical (unpaired) electrons. The number of nitrogens with zero attached hydrogens (tertiary/aromatic N) is 2. The fourth-order valence-corrected chi connectivity index (χ4v) is 2.87. The third-order valence-electron chi connectivity index (χ3n) is 4.07. The molecule has 6 nitrogen and oxygen atoms in total. The van der Waals surface area contributed by atoms with Crippen LogP contribution in [0.2, 0.25) is 5.02 Å². The first-order valence-corrected chi connectivity index (χ1v) is 8.42. The summed E-state index contributed by atoms with van der Waals surface area (Å²) in [7, 11) is 0. The van der Waals surface area contributed by atoms with Crippen LogP contribution in [0.4, 0.5) is 11.4 Å². The van der Waals surface area contributed by atoms with Crippen LogP contribution in [-0.4, -0.2) is 28.3 Å². The van der Waals surface area contributed by atoms with Gasteiger partial charge in [0.2, 0.25) is 5.91 Å². The standard InChI is InChI=1S/C18H18ClN3O3/c19-14-6-9-16(17(10-14)22(24)25)20-18(23)12-21(15-7-8-15)11-13-4-2-1-3-5-13/h1-6,9-10,15H,7-8,11-12H2,(H,20,23). The molecule has 0 saturated heterocycles. The molecule has 0 aromatic heterocycles. The molecule has 1 aliphatic rings. The zero-order chi connectivity index (χ0) is 17.8. The number of halogens is 1. The summed E-state index contributed by atoms with van der Waals surface area (Å²) in [6.07, 6.45) is 2.14. The van der Waals surface area contributed by atoms with E-state index in [2.05, 4.69) is 10.2 Å². The van der Waals surface area contributed by atoms with Gasteiger partial charge in [-0.15, -0.1) is 0 Å². The lowest BCUT2D eigenvalue weighted by atomic mass is 10.2. The highest BCUT2D eigenvalue weighted by molar-refractivity contribution is 6.31. The van der Waals surface area contributed by atoms with Gasteiger partial charge in [-0.05, 0) is 30.5 Å². The molecule has 1 N–H and O–H groups in total. The number of nitro benzene ring substituents is 1. The first-order valence-electron chi connectivity index (χ1n) is 8.04. The summed E-state index contributed by atoms with van der Waals surface area (Å²) in [5.41, 5.74) is 1.09. The molecule has 25 heavy (non-hydrogen) atoms.